The molecule has 4 aromatic rings. The van der Waals surface area contributed by atoms with Crippen LogP contribution < -0.4 is 0 Å². The van der Waals surface area contributed by atoms with Crippen LogP contribution in [0.25, 0.3) is 34.2 Å². The fourth-order valence-electron chi connectivity index (χ4n) is 2.61. The number of nitriles is 1. The zero-order valence-electron chi connectivity index (χ0n) is 13.8. The summed E-state index contributed by atoms with van der Waals surface area (Å²) in [5.41, 5.74) is 3.04. The number of hydrogen-bond donors (Lipinski definition) is 0. The van der Waals surface area contributed by atoms with Gasteiger partial charge in [0.05, 0.1) is 11.6 Å². The Labute approximate surface area is 151 Å². The average molecular weight is 333 g/mol. The Morgan fingerprint density at radius 1 is 0.654 bits per heavy atom. The molecule has 0 aliphatic carbocycles. The Morgan fingerprint density at radius 3 is 1.65 bits per heavy atom. The molecule has 0 atom stereocenters. The maximum Gasteiger partial charge on any atom is 0.164 e. The van der Waals surface area contributed by atoms with Gasteiger partial charge in [0.1, 0.15) is 0 Å². The Kier molecular flexibility index (Phi) is 4.19. The summed E-state index contributed by atoms with van der Waals surface area (Å²) in [6.45, 7) is 0. The number of benzene rings is 3. The lowest BCUT2D eigenvalue weighted by atomic mass is 10.1. The van der Waals surface area contributed by atoms with Gasteiger partial charge in [-0.15, -0.1) is 0 Å². The van der Waals surface area contributed by atoms with Crippen molar-refractivity contribution < 1.29 is 0 Å². The Balaban J connectivity index is 1.92. The summed E-state index contributed by atoms with van der Waals surface area (Å²) in [5.74, 6) is 1.73. The fraction of sp³-hybridized carbons (Fsp3) is 0. The van der Waals surface area contributed by atoms with Crippen molar-refractivity contribution in [2.75, 3.05) is 0 Å². The first-order valence-electron chi connectivity index (χ1n) is 8.12. The highest BCUT2D eigenvalue weighted by Crippen LogP contribution is 2.24. The Bertz CT molecular complexity index is 1030. The van der Waals surface area contributed by atoms with Crippen molar-refractivity contribution in [2.45, 2.75) is 0 Å². The van der Waals surface area contributed by atoms with Gasteiger partial charge in [0.15, 0.2) is 17.5 Å². The summed E-state index contributed by atoms with van der Waals surface area (Å²) in [6.07, 6.45) is 0. The van der Waals surface area contributed by atoms with Crippen LogP contribution in [0.3, 0.4) is 0 Å². The Morgan fingerprint density at radius 2 is 1.15 bits per heavy atom. The van der Waals surface area contributed by atoms with Gasteiger partial charge in [-0.2, -0.15) is 5.26 Å². The number of rotatable bonds is 3. The van der Waals surface area contributed by atoms with E-state index in [9.17, 15) is 0 Å². The highest BCUT2D eigenvalue weighted by molar-refractivity contribution is 5.66. The minimum Gasteiger partial charge on any atom is -0.208 e. The van der Waals surface area contributed by atoms with Crippen molar-refractivity contribution in [3.05, 3.63) is 90.5 Å². The third-order valence-electron chi connectivity index (χ3n) is 3.88. The molecular weight excluding hydrogens is 320 g/mol. The van der Waals surface area contributed by atoms with E-state index < -0.39 is 0 Å². The second kappa shape index (κ2) is 6.96. The quantitative estimate of drug-likeness (QED) is 0.552. The largest absolute Gasteiger partial charge is 0.208 e. The van der Waals surface area contributed by atoms with E-state index in [1.807, 2.05) is 66.7 Å². The highest BCUT2D eigenvalue weighted by atomic mass is 15.0. The van der Waals surface area contributed by atoms with Crippen LogP contribution >= 0.6 is 0 Å². The summed E-state index contributed by atoms with van der Waals surface area (Å²) < 4.78 is 0. The molecular formula is C22H13N4. The van der Waals surface area contributed by atoms with Crippen LogP contribution in [0, 0.1) is 17.4 Å². The molecule has 0 fully saturated rings. The number of nitrogens with zero attached hydrogens (tertiary/aromatic N) is 4. The van der Waals surface area contributed by atoms with Gasteiger partial charge in [0, 0.05) is 22.8 Å². The molecule has 0 aliphatic rings. The molecule has 4 nitrogen and oxygen atoms in total. The van der Waals surface area contributed by atoms with Crippen molar-refractivity contribution in [2.24, 2.45) is 0 Å². The van der Waals surface area contributed by atoms with Crippen molar-refractivity contribution in [1.29, 1.82) is 5.26 Å². The van der Waals surface area contributed by atoms with Gasteiger partial charge in [-0.3, -0.25) is 0 Å². The maximum absolute atomic E-state index is 9.14. The molecule has 1 radical (unpaired) electrons. The molecule has 3 aromatic carbocycles. The minimum atomic E-state index is 0.449. The molecule has 0 bridgehead atoms. The van der Waals surface area contributed by atoms with E-state index in [1.54, 1.807) is 12.1 Å². The first kappa shape index (κ1) is 15.7. The van der Waals surface area contributed by atoms with E-state index in [4.69, 9.17) is 5.26 Å². The van der Waals surface area contributed by atoms with E-state index in [1.165, 1.54) is 0 Å². The number of hydrogen-bond acceptors (Lipinski definition) is 4. The molecule has 0 saturated heterocycles. The van der Waals surface area contributed by atoms with Crippen LogP contribution in [0.1, 0.15) is 5.56 Å². The van der Waals surface area contributed by atoms with Crippen molar-refractivity contribution >= 4 is 0 Å². The van der Waals surface area contributed by atoms with Crippen LogP contribution in [0.2, 0.25) is 0 Å². The zero-order chi connectivity index (χ0) is 17.8. The van der Waals surface area contributed by atoms with E-state index in [0.29, 0.717) is 23.0 Å². The van der Waals surface area contributed by atoms with Crippen molar-refractivity contribution in [1.82, 2.24) is 15.0 Å². The molecule has 1 heterocycles. The lowest BCUT2D eigenvalue weighted by Gasteiger charge is -2.08. The monoisotopic (exact) mass is 333 g/mol. The maximum atomic E-state index is 9.14. The molecule has 0 saturated carbocycles. The van der Waals surface area contributed by atoms with Gasteiger partial charge < -0.3 is 0 Å². The van der Waals surface area contributed by atoms with E-state index in [2.05, 4.69) is 27.1 Å². The standard InChI is InChI=1S/C22H13N4/c23-15-16-8-7-13-19(14-16)22-25-20(17-9-3-1-4-10-17)24-21(26-22)18-11-5-2-6-12-18/h1-7,9-14H. The van der Waals surface area contributed by atoms with Gasteiger partial charge >= 0.3 is 0 Å². The first-order valence-corrected chi connectivity index (χ1v) is 8.12. The van der Waals surface area contributed by atoms with Crippen LogP contribution in [0.5, 0.6) is 0 Å². The second-order valence-electron chi connectivity index (χ2n) is 5.64. The highest BCUT2D eigenvalue weighted by Gasteiger charge is 2.12. The third-order valence-corrected chi connectivity index (χ3v) is 3.88. The normalized spacial score (nSPS) is 10.3. The smallest absolute Gasteiger partial charge is 0.164 e. The van der Waals surface area contributed by atoms with E-state index in [-0.39, 0.29) is 0 Å². The lowest BCUT2D eigenvalue weighted by Crippen LogP contribution is -2.00. The van der Waals surface area contributed by atoms with Crippen LogP contribution in [0.15, 0.2) is 78.9 Å². The molecule has 4 rings (SSSR count). The molecule has 0 aliphatic heterocycles. The van der Waals surface area contributed by atoms with Crippen LogP contribution in [-0.2, 0) is 0 Å². The second-order valence-corrected chi connectivity index (χ2v) is 5.64. The molecule has 0 spiro atoms. The topological polar surface area (TPSA) is 62.5 Å². The van der Waals surface area contributed by atoms with Gasteiger partial charge in [-0.05, 0) is 6.07 Å². The van der Waals surface area contributed by atoms with Gasteiger partial charge in [-0.1, -0.05) is 72.8 Å². The van der Waals surface area contributed by atoms with Gasteiger partial charge in [-0.25, -0.2) is 15.0 Å². The predicted octanol–water partition coefficient (Wildman–Crippen LogP) is 4.54. The minimum absolute atomic E-state index is 0.449. The average Bonchev–Trinajstić information content (AvgIpc) is 2.75. The van der Waals surface area contributed by atoms with Gasteiger partial charge in [0.25, 0.3) is 0 Å². The summed E-state index contributed by atoms with van der Waals surface area (Å²) in [4.78, 5) is 13.9. The first-order chi connectivity index (χ1) is 12.8. The van der Waals surface area contributed by atoms with Crippen molar-refractivity contribution in [3.8, 4) is 40.2 Å². The van der Waals surface area contributed by atoms with Gasteiger partial charge in [0.2, 0.25) is 0 Å². The zero-order valence-corrected chi connectivity index (χ0v) is 13.8. The van der Waals surface area contributed by atoms with E-state index in [0.717, 1.165) is 16.7 Å². The SMILES string of the molecule is N#Cc1[c]ccc(-c2nc(-c3ccccc3)nc(-c3ccccc3)n2)c1. The predicted molar refractivity (Wildman–Crippen MR) is 99.7 cm³/mol. The third kappa shape index (κ3) is 3.19. The molecule has 0 N–H and O–H groups in total. The van der Waals surface area contributed by atoms with Crippen LogP contribution in [0.4, 0.5) is 0 Å². The Hall–Kier alpha value is -3.84. The molecule has 26 heavy (non-hydrogen) atoms. The molecule has 1 aromatic heterocycles. The van der Waals surface area contributed by atoms with Crippen LogP contribution in [-0.4, -0.2) is 15.0 Å². The molecule has 0 amide bonds. The summed E-state index contributed by atoms with van der Waals surface area (Å²) in [7, 11) is 0. The molecule has 121 valence electrons. The lowest BCUT2D eigenvalue weighted by molar-refractivity contribution is 1.07. The fourth-order valence-corrected chi connectivity index (χ4v) is 2.61. The van der Waals surface area contributed by atoms with Crippen molar-refractivity contribution in [3.63, 3.8) is 0 Å². The van der Waals surface area contributed by atoms with E-state index >= 15 is 0 Å². The number of aromatic nitrogens is 3. The summed E-state index contributed by atoms with van der Waals surface area (Å²) >= 11 is 0. The summed E-state index contributed by atoms with van der Waals surface area (Å²) in [6, 6.07) is 29.9. The molecule has 4 heteroatoms. The summed E-state index contributed by atoms with van der Waals surface area (Å²) in [5, 5.41) is 9.14. The molecule has 0 unspecified atom stereocenters.